The molecule has 2 saturated carbocycles. The molecular formula is C22H33N3O2S. The normalized spacial score (nSPS) is 22.1. The number of carbonyl (C=O) groups excluding carboxylic acids is 2. The summed E-state index contributed by atoms with van der Waals surface area (Å²) in [7, 11) is 0. The van der Waals surface area contributed by atoms with Gasteiger partial charge in [0.15, 0.2) is 0 Å². The van der Waals surface area contributed by atoms with Gasteiger partial charge in [-0.2, -0.15) is 0 Å². The molecule has 6 heteroatoms. The number of thiazole rings is 1. The highest BCUT2D eigenvalue weighted by molar-refractivity contribution is 7.09. The van der Waals surface area contributed by atoms with Gasteiger partial charge in [0.25, 0.3) is 0 Å². The van der Waals surface area contributed by atoms with Crippen LogP contribution in [-0.4, -0.2) is 41.3 Å². The lowest BCUT2D eigenvalue weighted by Crippen LogP contribution is -2.41. The molecule has 0 unspecified atom stereocenters. The Morgan fingerprint density at radius 1 is 1.00 bits per heavy atom. The van der Waals surface area contributed by atoms with E-state index in [0.717, 1.165) is 63.7 Å². The van der Waals surface area contributed by atoms with E-state index in [4.69, 9.17) is 4.98 Å². The Hall–Kier alpha value is -1.43. The highest BCUT2D eigenvalue weighted by atomic mass is 32.1. The van der Waals surface area contributed by atoms with Gasteiger partial charge in [-0.05, 0) is 38.5 Å². The van der Waals surface area contributed by atoms with E-state index in [0.29, 0.717) is 18.4 Å². The highest BCUT2D eigenvalue weighted by Gasteiger charge is 2.30. The number of carbonyl (C=O) groups is 2. The van der Waals surface area contributed by atoms with E-state index in [1.165, 1.54) is 30.7 Å². The topological polar surface area (TPSA) is 62.3 Å². The van der Waals surface area contributed by atoms with Gasteiger partial charge in [-0.3, -0.25) is 9.59 Å². The van der Waals surface area contributed by atoms with E-state index in [-0.39, 0.29) is 17.7 Å². The summed E-state index contributed by atoms with van der Waals surface area (Å²) in [4.78, 5) is 31.6. The standard InChI is InChI=1S/C22H33N3O2S/c26-20(16-7-4-8-16)23-12-9-19-15-28-21(24-19)17-10-13-25(14-11-17)22(27)18-5-2-1-3-6-18/h15-18H,1-14H2,(H,23,26). The summed E-state index contributed by atoms with van der Waals surface area (Å²) in [5, 5.41) is 6.41. The Labute approximate surface area is 172 Å². The van der Waals surface area contributed by atoms with Crippen molar-refractivity contribution in [3.63, 3.8) is 0 Å². The van der Waals surface area contributed by atoms with Crippen LogP contribution in [0.1, 0.15) is 80.8 Å². The smallest absolute Gasteiger partial charge is 0.225 e. The van der Waals surface area contributed by atoms with Crippen molar-refractivity contribution in [1.82, 2.24) is 15.2 Å². The Morgan fingerprint density at radius 2 is 1.71 bits per heavy atom. The summed E-state index contributed by atoms with van der Waals surface area (Å²) in [5.74, 6) is 1.65. The fourth-order valence-electron chi connectivity index (χ4n) is 4.71. The summed E-state index contributed by atoms with van der Waals surface area (Å²) in [5.41, 5.74) is 1.09. The molecule has 2 aliphatic carbocycles. The van der Waals surface area contributed by atoms with Crippen LogP contribution in [0, 0.1) is 11.8 Å². The van der Waals surface area contributed by atoms with Crippen LogP contribution >= 0.6 is 11.3 Å². The first-order chi connectivity index (χ1) is 13.7. The Morgan fingerprint density at radius 3 is 2.39 bits per heavy atom. The minimum atomic E-state index is 0.219. The van der Waals surface area contributed by atoms with E-state index in [1.54, 1.807) is 11.3 Å². The van der Waals surface area contributed by atoms with E-state index in [9.17, 15) is 9.59 Å². The van der Waals surface area contributed by atoms with Gasteiger partial charge in [-0.1, -0.05) is 25.7 Å². The zero-order chi connectivity index (χ0) is 19.3. The molecule has 28 heavy (non-hydrogen) atoms. The molecule has 5 nitrogen and oxygen atoms in total. The third-order valence-electron chi connectivity index (χ3n) is 6.84. The van der Waals surface area contributed by atoms with Gasteiger partial charge in [0, 0.05) is 49.2 Å². The van der Waals surface area contributed by atoms with Gasteiger partial charge < -0.3 is 10.2 Å². The first kappa shape index (κ1) is 19.9. The fourth-order valence-corrected chi connectivity index (χ4v) is 5.73. The Bertz CT molecular complexity index is 671. The molecule has 1 aromatic heterocycles. The SMILES string of the molecule is O=C(NCCc1csc(C2CCN(C(=O)C3CCCCC3)CC2)n1)C1CCC1. The van der Waals surface area contributed by atoms with E-state index < -0.39 is 0 Å². The molecule has 0 radical (unpaired) electrons. The molecular weight excluding hydrogens is 370 g/mol. The molecule has 0 spiro atoms. The molecule has 3 fully saturated rings. The zero-order valence-electron chi connectivity index (χ0n) is 16.8. The minimum Gasteiger partial charge on any atom is -0.355 e. The van der Waals surface area contributed by atoms with Crippen molar-refractivity contribution in [2.75, 3.05) is 19.6 Å². The number of nitrogens with one attached hydrogen (secondary N) is 1. The average molecular weight is 404 g/mol. The first-order valence-electron chi connectivity index (χ1n) is 11.2. The molecule has 0 bridgehead atoms. The van der Waals surface area contributed by atoms with Crippen molar-refractivity contribution < 1.29 is 9.59 Å². The van der Waals surface area contributed by atoms with Crippen molar-refractivity contribution in [3.8, 4) is 0 Å². The molecule has 1 aromatic rings. The maximum Gasteiger partial charge on any atom is 0.225 e. The van der Waals surface area contributed by atoms with Crippen molar-refractivity contribution >= 4 is 23.2 Å². The maximum absolute atomic E-state index is 12.7. The molecule has 1 saturated heterocycles. The molecule has 1 aliphatic heterocycles. The largest absolute Gasteiger partial charge is 0.355 e. The summed E-state index contributed by atoms with van der Waals surface area (Å²) >= 11 is 1.75. The number of likely N-dealkylation sites (tertiary alicyclic amines) is 1. The molecule has 0 atom stereocenters. The van der Waals surface area contributed by atoms with Crippen LogP contribution in [0.25, 0.3) is 0 Å². The summed E-state index contributed by atoms with van der Waals surface area (Å²) in [6.45, 7) is 2.45. The first-order valence-corrected chi connectivity index (χ1v) is 12.1. The third-order valence-corrected chi connectivity index (χ3v) is 7.89. The van der Waals surface area contributed by atoms with E-state index in [2.05, 4.69) is 15.6 Å². The number of hydrogen-bond acceptors (Lipinski definition) is 4. The van der Waals surface area contributed by atoms with Crippen LogP contribution < -0.4 is 5.32 Å². The van der Waals surface area contributed by atoms with Crippen LogP contribution in [0.15, 0.2) is 5.38 Å². The van der Waals surface area contributed by atoms with Crippen LogP contribution in [-0.2, 0) is 16.0 Å². The van der Waals surface area contributed by atoms with Crippen LogP contribution in [0.2, 0.25) is 0 Å². The number of hydrogen-bond donors (Lipinski definition) is 1. The number of aromatic nitrogens is 1. The monoisotopic (exact) mass is 403 g/mol. The van der Waals surface area contributed by atoms with Crippen LogP contribution in [0.3, 0.4) is 0 Å². The summed E-state index contributed by atoms with van der Waals surface area (Å²) in [6, 6.07) is 0. The molecule has 3 aliphatic rings. The Balaban J connectivity index is 1.20. The van der Waals surface area contributed by atoms with Gasteiger partial charge in [0.05, 0.1) is 10.7 Å². The molecule has 1 N–H and O–H groups in total. The lowest BCUT2D eigenvalue weighted by molar-refractivity contribution is -0.137. The van der Waals surface area contributed by atoms with Gasteiger partial charge >= 0.3 is 0 Å². The number of amides is 2. The maximum atomic E-state index is 12.7. The van der Waals surface area contributed by atoms with Crippen LogP contribution in [0.5, 0.6) is 0 Å². The van der Waals surface area contributed by atoms with E-state index >= 15 is 0 Å². The fraction of sp³-hybridized carbons (Fsp3) is 0.773. The highest BCUT2D eigenvalue weighted by Crippen LogP contribution is 2.32. The van der Waals surface area contributed by atoms with Gasteiger partial charge in [0.1, 0.15) is 0 Å². The predicted molar refractivity (Wildman–Crippen MR) is 111 cm³/mol. The number of piperidine rings is 1. The average Bonchev–Trinajstić information content (AvgIpc) is 3.16. The zero-order valence-corrected chi connectivity index (χ0v) is 17.6. The van der Waals surface area contributed by atoms with Crippen molar-refractivity contribution in [3.05, 3.63) is 16.1 Å². The lowest BCUT2D eigenvalue weighted by Gasteiger charge is -2.34. The lowest BCUT2D eigenvalue weighted by atomic mass is 9.85. The molecule has 2 amide bonds. The molecule has 2 heterocycles. The van der Waals surface area contributed by atoms with Crippen molar-refractivity contribution in [1.29, 1.82) is 0 Å². The summed E-state index contributed by atoms with van der Waals surface area (Å²) < 4.78 is 0. The second kappa shape index (κ2) is 9.38. The van der Waals surface area contributed by atoms with E-state index in [1.807, 2.05) is 0 Å². The quantitative estimate of drug-likeness (QED) is 0.784. The molecule has 154 valence electrons. The molecule has 4 rings (SSSR count). The number of rotatable bonds is 6. The van der Waals surface area contributed by atoms with Gasteiger partial charge in [-0.25, -0.2) is 4.98 Å². The second-order valence-corrected chi connectivity index (χ2v) is 9.67. The third kappa shape index (κ3) is 4.76. The predicted octanol–water partition coefficient (Wildman–Crippen LogP) is 3.89. The van der Waals surface area contributed by atoms with Gasteiger partial charge in [-0.15, -0.1) is 11.3 Å². The van der Waals surface area contributed by atoms with Crippen LogP contribution in [0.4, 0.5) is 0 Å². The van der Waals surface area contributed by atoms with Crippen molar-refractivity contribution in [2.45, 2.75) is 76.5 Å². The van der Waals surface area contributed by atoms with Crippen molar-refractivity contribution in [2.24, 2.45) is 11.8 Å². The minimum absolute atomic E-state index is 0.219. The second-order valence-electron chi connectivity index (χ2n) is 8.78. The summed E-state index contributed by atoms with van der Waals surface area (Å²) in [6.07, 6.45) is 12.1. The Kier molecular flexibility index (Phi) is 6.65. The molecule has 0 aromatic carbocycles. The number of nitrogens with zero attached hydrogens (tertiary/aromatic N) is 2. The van der Waals surface area contributed by atoms with Gasteiger partial charge in [0.2, 0.25) is 11.8 Å².